The summed E-state index contributed by atoms with van der Waals surface area (Å²) in [6, 6.07) is 10.8. The van der Waals surface area contributed by atoms with Gasteiger partial charge in [-0.15, -0.1) is 5.10 Å². The van der Waals surface area contributed by atoms with E-state index in [1.54, 1.807) is 27.2 Å². The molecular formula is C22H27N5O3S. The number of hydrogen-bond donors (Lipinski definition) is 1. The fourth-order valence-corrected chi connectivity index (χ4v) is 5.44. The number of carbonyl (C=O) groups is 1. The highest BCUT2D eigenvalue weighted by Gasteiger charge is 2.26. The standard InChI is InChI=1S/C22H27N5O3S/c1-16-6-8-19(17(2)14-16)23-22(28)10-13-27-21-9-7-18(15-20(21)24-25-27)31(29,30)26-11-4-3-5-12-26/h6-9,14-15H,3-5,10-13H2,1-2H3,(H,23,28). The lowest BCUT2D eigenvalue weighted by atomic mass is 10.1. The zero-order valence-corrected chi connectivity index (χ0v) is 18.7. The third-order valence-corrected chi connectivity index (χ3v) is 7.54. The lowest BCUT2D eigenvalue weighted by Crippen LogP contribution is -2.35. The molecule has 0 radical (unpaired) electrons. The molecule has 0 aliphatic carbocycles. The van der Waals surface area contributed by atoms with Crippen LogP contribution in [0.5, 0.6) is 0 Å². The first-order valence-electron chi connectivity index (χ1n) is 10.5. The first-order chi connectivity index (χ1) is 14.8. The number of nitrogens with one attached hydrogen (secondary N) is 1. The molecule has 8 nitrogen and oxygen atoms in total. The van der Waals surface area contributed by atoms with Crippen molar-refractivity contribution in [2.45, 2.75) is 51.0 Å². The van der Waals surface area contributed by atoms with Crippen LogP contribution in [0.25, 0.3) is 11.0 Å². The molecule has 4 rings (SSSR count). The largest absolute Gasteiger partial charge is 0.326 e. The van der Waals surface area contributed by atoms with Gasteiger partial charge in [0.2, 0.25) is 15.9 Å². The van der Waals surface area contributed by atoms with Crippen LogP contribution in [0.15, 0.2) is 41.3 Å². The van der Waals surface area contributed by atoms with Gasteiger partial charge < -0.3 is 5.32 Å². The number of aromatic nitrogens is 3. The fraction of sp³-hybridized carbons (Fsp3) is 0.409. The Kier molecular flexibility index (Phi) is 6.06. The Hall–Kier alpha value is -2.78. The van der Waals surface area contributed by atoms with Crippen LogP contribution in [0, 0.1) is 13.8 Å². The van der Waals surface area contributed by atoms with Crippen molar-refractivity contribution in [1.82, 2.24) is 19.3 Å². The molecular weight excluding hydrogens is 414 g/mol. The van der Waals surface area contributed by atoms with Crippen molar-refractivity contribution < 1.29 is 13.2 Å². The van der Waals surface area contributed by atoms with Crippen LogP contribution in [0.2, 0.25) is 0 Å². The third kappa shape index (κ3) is 4.62. The Balaban J connectivity index is 1.45. The zero-order valence-electron chi connectivity index (χ0n) is 17.8. The summed E-state index contributed by atoms with van der Waals surface area (Å²) in [5.41, 5.74) is 4.17. The molecule has 1 saturated heterocycles. The Morgan fingerprint density at radius 1 is 1.06 bits per heavy atom. The quantitative estimate of drug-likeness (QED) is 0.633. The molecule has 31 heavy (non-hydrogen) atoms. The molecule has 164 valence electrons. The molecule has 0 unspecified atom stereocenters. The zero-order chi connectivity index (χ0) is 22.0. The number of nitrogens with zero attached hydrogens (tertiary/aromatic N) is 4. The summed E-state index contributed by atoms with van der Waals surface area (Å²) < 4.78 is 29.0. The lowest BCUT2D eigenvalue weighted by molar-refractivity contribution is -0.116. The summed E-state index contributed by atoms with van der Waals surface area (Å²) in [5.74, 6) is -0.111. The van der Waals surface area contributed by atoms with Crippen molar-refractivity contribution in [1.29, 1.82) is 0 Å². The number of piperidine rings is 1. The molecule has 9 heteroatoms. The molecule has 0 bridgehead atoms. The van der Waals surface area contributed by atoms with Crippen molar-refractivity contribution in [3.05, 3.63) is 47.5 Å². The number of sulfonamides is 1. The number of carbonyl (C=O) groups excluding carboxylic acids is 1. The molecule has 3 aromatic rings. The van der Waals surface area contributed by atoms with Gasteiger partial charge in [-0.2, -0.15) is 4.31 Å². The maximum Gasteiger partial charge on any atom is 0.243 e. The van der Waals surface area contributed by atoms with Crippen LogP contribution in [0.1, 0.15) is 36.8 Å². The van der Waals surface area contributed by atoms with E-state index in [9.17, 15) is 13.2 Å². The topological polar surface area (TPSA) is 97.2 Å². The monoisotopic (exact) mass is 441 g/mol. The number of fused-ring (bicyclic) bond motifs is 1. The highest BCUT2D eigenvalue weighted by molar-refractivity contribution is 7.89. The average molecular weight is 442 g/mol. The van der Waals surface area contributed by atoms with Crippen molar-refractivity contribution in [3.8, 4) is 0 Å². The number of aryl methyl sites for hydroxylation is 3. The predicted molar refractivity (Wildman–Crippen MR) is 119 cm³/mol. The molecule has 1 aromatic heterocycles. The second kappa shape index (κ2) is 8.76. The van der Waals surface area contributed by atoms with Gasteiger partial charge in [0.25, 0.3) is 0 Å². The van der Waals surface area contributed by atoms with E-state index in [2.05, 4.69) is 15.6 Å². The van der Waals surface area contributed by atoms with Crippen LogP contribution < -0.4 is 5.32 Å². The minimum absolute atomic E-state index is 0.111. The van der Waals surface area contributed by atoms with Crippen LogP contribution in [0.4, 0.5) is 5.69 Å². The first kappa shape index (κ1) is 21.5. The van der Waals surface area contributed by atoms with Crippen LogP contribution in [0.3, 0.4) is 0 Å². The number of rotatable bonds is 6. The van der Waals surface area contributed by atoms with Gasteiger partial charge in [0, 0.05) is 25.2 Å². The molecule has 1 aliphatic heterocycles. The van der Waals surface area contributed by atoms with Gasteiger partial charge in [0.1, 0.15) is 5.52 Å². The molecule has 1 fully saturated rings. The van der Waals surface area contributed by atoms with Gasteiger partial charge in [-0.3, -0.25) is 4.79 Å². The van der Waals surface area contributed by atoms with Gasteiger partial charge in [-0.05, 0) is 56.5 Å². The summed E-state index contributed by atoms with van der Waals surface area (Å²) in [4.78, 5) is 12.6. The van der Waals surface area contributed by atoms with Crippen molar-refractivity contribution in [2.75, 3.05) is 18.4 Å². The van der Waals surface area contributed by atoms with Gasteiger partial charge in [-0.1, -0.05) is 29.3 Å². The van der Waals surface area contributed by atoms with Crippen LogP contribution in [-0.2, 0) is 21.4 Å². The Morgan fingerprint density at radius 3 is 2.58 bits per heavy atom. The summed E-state index contributed by atoms with van der Waals surface area (Å²) in [7, 11) is -3.52. The second-order valence-electron chi connectivity index (χ2n) is 8.04. The number of anilines is 1. The van der Waals surface area contributed by atoms with Crippen molar-refractivity contribution >= 4 is 32.7 Å². The minimum atomic E-state index is -3.52. The molecule has 1 amide bonds. The Morgan fingerprint density at radius 2 is 1.84 bits per heavy atom. The van der Waals surface area contributed by atoms with Gasteiger partial charge in [0.05, 0.1) is 17.0 Å². The third-order valence-electron chi connectivity index (χ3n) is 5.64. The van der Waals surface area contributed by atoms with E-state index in [1.165, 1.54) is 0 Å². The van der Waals surface area contributed by atoms with Crippen LogP contribution in [-0.4, -0.2) is 46.7 Å². The van der Waals surface area contributed by atoms with E-state index < -0.39 is 10.0 Å². The van der Waals surface area contributed by atoms with Gasteiger partial charge >= 0.3 is 0 Å². The molecule has 1 aliphatic rings. The van der Waals surface area contributed by atoms with Crippen LogP contribution >= 0.6 is 0 Å². The smallest absolute Gasteiger partial charge is 0.243 e. The predicted octanol–water partition coefficient (Wildman–Crippen LogP) is 3.25. The second-order valence-corrected chi connectivity index (χ2v) is 9.98. The first-order valence-corrected chi connectivity index (χ1v) is 12.0. The summed E-state index contributed by atoms with van der Waals surface area (Å²) in [6.07, 6.45) is 3.08. The SMILES string of the molecule is Cc1ccc(NC(=O)CCn2nnc3cc(S(=O)(=O)N4CCCCC4)ccc32)c(C)c1. The van der Waals surface area contributed by atoms with E-state index in [1.807, 2.05) is 32.0 Å². The minimum Gasteiger partial charge on any atom is -0.326 e. The molecule has 1 N–H and O–H groups in total. The molecule has 0 atom stereocenters. The average Bonchev–Trinajstić information content (AvgIpc) is 3.17. The van der Waals surface area contributed by atoms with E-state index >= 15 is 0 Å². The van der Waals surface area contributed by atoms with Gasteiger partial charge in [0.15, 0.2) is 0 Å². The number of benzene rings is 2. The highest BCUT2D eigenvalue weighted by Crippen LogP contribution is 2.23. The normalized spacial score (nSPS) is 15.3. The van der Waals surface area contributed by atoms with E-state index in [0.29, 0.717) is 30.7 Å². The van der Waals surface area contributed by atoms with E-state index in [4.69, 9.17) is 0 Å². The Labute approximate surface area is 182 Å². The highest BCUT2D eigenvalue weighted by atomic mass is 32.2. The summed E-state index contributed by atoms with van der Waals surface area (Å²) >= 11 is 0. The van der Waals surface area contributed by atoms with Crippen molar-refractivity contribution in [3.63, 3.8) is 0 Å². The lowest BCUT2D eigenvalue weighted by Gasteiger charge is -2.25. The van der Waals surface area contributed by atoms with Gasteiger partial charge in [-0.25, -0.2) is 13.1 Å². The maximum atomic E-state index is 12.9. The van der Waals surface area contributed by atoms with E-state index in [-0.39, 0.29) is 17.2 Å². The molecule has 0 spiro atoms. The fourth-order valence-electron chi connectivity index (χ4n) is 3.91. The molecule has 2 aromatic carbocycles. The molecule has 2 heterocycles. The number of amides is 1. The summed E-state index contributed by atoms with van der Waals surface area (Å²) in [5, 5.41) is 11.2. The Bertz CT molecular complexity index is 1210. The summed E-state index contributed by atoms with van der Waals surface area (Å²) in [6.45, 7) is 5.44. The number of hydrogen-bond acceptors (Lipinski definition) is 5. The van der Waals surface area contributed by atoms with Crippen molar-refractivity contribution in [2.24, 2.45) is 0 Å². The van der Waals surface area contributed by atoms with E-state index in [0.717, 1.165) is 36.1 Å². The molecule has 0 saturated carbocycles. The maximum absolute atomic E-state index is 12.9.